The molecule has 1 aromatic heterocycles. The molecular formula is C14H23N3O2S. The van der Waals surface area contributed by atoms with Gasteiger partial charge in [-0.25, -0.2) is 4.98 Å². The van der Waals surface area contributed by atoms with Gasteiger partial charge in [0.15, 0.2) is 0 Å². The van der Waals surface area contributed by atoms with Crippen LogP contribution in [0, 0.1) is 0 Å². The van der Waals surface area contributed by atoms with Crippen LogP contribution in [0.4, 0.5) is 0 Å². The largest absolute Gasteiger partial charge is 0.466 e. The van der Waals surface area contributed by atoms with Gasteiger partial charge in [0.25, 0.3) is 0 Å². The lowest BCUT2D eigenvalue weighted by Crippen LogP contribution is -2.51. The summed E-state index contributed by atoms with van der Waals surface area (Å²) in [4.78, 5) is 18.6. The van der Waals surface area contributed by atoms with Crippen molar-refractivity contribution in [3.63, 3.8) is 0 Å². The van der Waals surface area contributed by atoms with Gasteiger partial charge in [-0.1, -0.05) is 0 Å². The van der Waals surface area contributed by atoms with Gasteiger partial charge in [-0.2, -0.15) is 0 Å². The number of hydrogen-bond acceptors (Lipinski definition) is 6. The van der Waals surface area contributed by atoms with Gasteiger partial charge in [0, 0.05) is 31.6 Å². The number of nitrogens with zero attached hydrogens (tertiary/aromatic N) is 2. The number of rotatable bonds is 5. The van der Waals surface area contributed by atoms with E-state index in [0.717, 1.165) is 36.9 Å². The first kappa shape index (κ1) is 15.4. The fourth-order valence-corrected chi connectivity index (χ4v) is 3.36. The van der Waals surface area contributed by atoms with Crippen molar-refractivity contribution in [1.29, 1.82) is 0 Å². The van der Waals surface area contributed by atoms with E-state index in [1.807, 2.05) is 12.3 Å². The van der Waals surface area contributed by atoms with Crippen LogP contribution < -0.4 is 5.32 Å². The van der Waals surface area contributed by atoms with E-state index < -0.39 is 0 Å². The van der Waals surface area contributed by atoms with Crippen molar-refractivity contribution in [2.45, 2.75) is 32.7 Å². The summed E-state index contributed by atoms with van der Waals surface area (Å²) < 4.78 is 4.96. The highest BCUT2D eigenvalue weighted by molar-refractivity contribution is 7.09. The molecule has 0 saturated carbocycles. The fraction of sp³-hybridized carbons (Fsp3) is 0.714. The van der Waals surface area contributed by atoms with E-state index in [1.165, 1.54) is 0 Å². The summed E-state index contributed by atoms with van der Waals surface area (Å²) in [5, 5.41) is 6.40. The van der Waals surface area contributed by atoms with Crippen LogP contribution in [0.1, 0.15) is 31.5 Å². The van der Waals surface area contributed by atoms with Crippen LogP contribution in [0.3, 0.4) is 0 Å². The number of piperazine rings is 1. The number of carbonyl (C=O) groups is 1. The predicted octanol–water partition coefficient (Wildman–Crippen LogP) is 1.39. The van der Waals surface area contributed by atoms with Crippen molar-refractivity contribution in [3.8, 4) is 0 Å². The number of esters is 1. The first-order chi connectivity index (χ1) is 9.54. The van der Waals surface area contributed by atoms with Gasteiger partial charge in [-0.3, -0.25) is 9.69 Å². The minimum atomic E-state index is -0.204. The number of aromatic nitrogens is 1. The zero-order chi connectivity index (χ0) is 14.6. The van der Waals surface area contributed by atoms with Crippen molar-refractivity contribution in [2.75, 3.05) is 32.8 Å². The van der Waals surface area contributed by atoms with Crippen molar-refractivity contribution in [3.05, 3.63) is 16.1 Å². The molecule has 1 saturated heterocycles. The minimum absolute atomic E-state index is 0.0837. The third kappa shape index (κ3) is 3.56. The van der Waals surface area contributed by atoms with Gasteiger partial charge in [-0.05, 0) is 20.8 Å². The van der Waals surface area contributed by atoms with Gasteiger partial charge >= 0.3 is 5.97 Å². The molecule has 2 heterocycles. The molecule has 1 fully saturated rings. The zero-order valence-electron chi connectivity index (χ0n) is 12.4. The molecule has 0 bridgehead atoms. The lowest BCUT2D eigenvalue weighted by atomic mass is 10.0. The van der Waals surface area contributed by atoms with Crippen LogP contribution in [-0.4, -0.2) is 48.6 Å². The van der Waals surface area contributed by atoms with Crippen LogP contribution in [0.15, 0.2) is 5.38 Å². The molecule has 5 nitrogen and oxygen atoms in total. The molecule has 0 atom stereocenters. The number of ether oxygens (including phenoxy) is 1. The minimum Gasteiger partial charge on any atom is -0.466 e. The van der Waals surface area contributed by atoms with E-state index in [9.17, 15) is 4.79 Å². The molecule has 1 N–H and O–H groups in total. The molecule has 1 aromatic rings. The van der Waals surface area contributed by atoms with Gasteiger partial charge in [-0.15, -0.1) is 11.3 Å². The number of nitrogens with one attached hydrogen (secondary N) is 1. The Hall–Kier alpha value is -0.980. The molecule has 0 aliphatic carbocycles. The maximum Gasteiger partial charge on any atom is 0.311 e. The van der Waals surface area contributed by atoms with E-state index in [0.29, 0.717) is 6.61 Å². The Balaban J connectivity index is 2.04. The Bertz CT molecular complexity index is 453. The van der Waals surface area contributed by atoms with Crippen molar-refractivity contribution in [2.24, 2.45) is 0 Å². The average molecular weight is 297 g/mol. The summed E-state index contributed by atoms with van der Waals surface area (Å²) in [5.74, 6) is -0.204. The number of hydrogen-bond donors (Lipinski definition) is 1. The molecule has 0 amide bonds. The van der Waals surface area contributed by atoms with E-state index >= 15 is 0 Å². The molecule has 20 heavy (non-hydrogen) atoms. The van der Waals surface area contributed by atoms with E-state index in [-0.39, 0.29) is 17.9 Å². The molecule has 1 aliphatic heterocycles. The monoisotopic (exact) mass is 297 g/mol. The van der Waals surface area contributed by atoms with Crippen LogP contribution >= 0.6 is 11.3 Å². The highest BCUT2D eigenvalue weighted by atomic mass is 32.1. The molecule has 0 radical (unpaired) electrons. The Labute approximate surface area is 124 Å². The lowest BCUT2D eigenvalue weighted by Gasteiger charge is -2.39. The second kappa shape index (κ2) is 6.65. The molecule has 6 heteroatoms. The van der Waals surface area contributed by atoms with E-state index in [1.54, 1.807) is 11.3 Å². The van der Waals surface area contributed by atoms with Crippen LogP contribution in [0.5, 0.6) is 0 Å². The summed E-state index contributed by atoms with van der Waals surface area (Å²) in [5.41, 5.74) is 0.728. The summed E-state index contributed by atoms with van der Waals surface area (Å²) in [6.07, 6.45) is 0.266. The maximum atomic E-state index is 11.5. The molecule has 0 aromatic carbocycles. The Morgan fingerprint density at radius 2 is 2.20 bits per heavy atom. The third-order valence-corrected chi connectivity index (χ3v) is 4.82. The molecule has 2 rings (SSSR count). The SMILES string of the molecule is CCOC(=O)Cc1csc(C(C)(C)N2CCNCC2)n1. The molecule has 0 unspecified atom stereocenters. The third-order valence-electron chi connectivity index (χ3n) is 3.61. The van der Waals surface area contributed by atoms with Gasteiger partial charge < -0.3 is 10.1 Å². The second-order valence-corrected chi connectivity index (χ2v) is 6.28. The molecular weight excluding hydrogens is 274 g/mol. The van der Waals surface area contributed by atoms with Crippen LogP contribution in [0.25, 0.3) is 0 Å². The predicted molar refractivity (Wildman–Crippen MR) is 79.9 cm³/mol. The Morgan fingerprint density at radius 1 is 1.50 bits per heavy atom. The zero-order valence-corrected chi connectivity index (χ0v) is 13.3. The summed E-state index contributed by atoms with van der Waals surface area (Å²) >= 11 is 1.63. The molecule has 0 spiro atoms. The van der Waals surface area contributed by atoms with Gasteiger partial charge in [0.1, 0.15) is 5.01 Å². The average Bonchev–Trinajstić information content (AvgIpc) is 2.89. The maximum absolute atomic E-state index is 11.5. The first-order valence-electron chi connectivity index (χ1n) is 7.10. The highest BCUT2D eigenvalue weighted by Crippen LogP contribution is 2.30. The van der Waals surface area contributed by atoms with Crippen molar-refractivity contribution >= 4 is 17.3 Å². The summed E-state index contributed by atoms with van der Waals surface area (Å²) in [6.45, 7) is 10.7. The standard InChI is InChI=1S/C14H23N3O2S/c1-4-19-12(18)9-11-10-20-13(16-11)14(2,3)17-7-5-15-6-8-17/h10,15H,4-9H2,1-3H3. The summed E-state index contributed by atoms with van der Waals surface area (Å²) in [7, 11) is 0. The van der Waals surface area contributed by atoms with E-state index in [2.05, 4.69) is 29.0 Å². The Morgan fingerprint density at radius 3 is 2.85 bits per heavy atom. The Kier molecular flexibility index (Phi) is 5.12. The second-order valence-electron chi connectivity index (χ2n) is 5.42. The lowest BCUT2D eigenvalue weighted by molar-refractivity contribution is -0.142. The summed E-state index contributed by atoms with van der Waals surface area (Å²) in [6, 6.07) is 0. The van der Waals surface area contributed by atoms with Gasteiger partial charge in [0.2, 0.25) is 0 Å². The van der Waals surface area contributed by atoms with Crippen molar-refractivity contribution in [1.82, 2.24) is 15.2 Å². The normalized spacial score (nSPS) is 17.1. The van der Waals surface area contributed by atoms with Crippen molar-refractivity contribution < 1.29 is 9.53 Å². The van der Waals surface area contributed by atoms with E-state index in [4.69, 9.17) is 4.74 Å². The first-order valence-corrected chi connectivity index (χ1v) is 7.98. The van der Waals surface area contributed by atoms with Gasteiger partial charge in [0.05, 0.1) is 24.3 Å². The molecule has 112 valence electrons. The highest BCUT2D eigenvalue weighted by Gasteiger charge is 2.32. The smallest absolute Gasteiger partial charge is 0.311 e. The number of carbonyl (C=O) groups excluding carboxylic acids is 1. The fourth-order valence-electron chi connectivity index (χ4n) is 2.39. The van der Waals surface area contributed by atoms with Crippen LogP contribution in [-0.2, 0) is 21.5 Å². The topological polar surface area (TPSA) is 54.5 Å². The number of thiazole rings is 1. The van der Waals surface area contributed by atoms with Crippen LogP contribution in [0.2, 0.25) is 0 Å². The molecule has 1 aliphatic rings. The quantitative estimate of drug-likeness (QED) is 0.832.